The molecule has 0 saturated heterocycles. The Morgan fingerprint density at radius 3 is 2.47 bits per heavy atom. The van der Waals surface area contributed by atoms with Gasteiger partial charge < -0.3 is 0 Å². The minimum Gasteiger partial charge on any atom is -0.184 e. The summed E-state index contributed by atoms with van der Waals surface area (Å²) in [5, 5.41) is 0. The van der Waals surface area contributed by atoms with E-state index in [1.165, 1.54) is 0 Å². The van der Waals surface area contributed by atoms with Crippen LogP contribution in [-0.2, 0) is 10.3 Å². The Morgan fingerprint density at radius 1 is 1.07 bits per heavy atom. The summed E-state index contributed by atoms with van der Waals surface area (Å²) >= 11 is 0. The second kappa shape index (κ2) is 4.28. The van der Waals surface area contributed by atoms with Crippen LogP contribution in [-0.4, -0.2) is 13.3 Å². The Bertz CT molecular complexity index is 541. The van der Waals surface area contributed by atoms with Crippen LogP contribution in [0.1, 0.15) is 12.0 Å². The van der Waals surface area contributed by atoms with E-state index in [1.54, 1.807) is 6.08 Å². The quantitative estimate of drug-likeness (QED) is 0.676. The minimum absolute atomic E-state index is 0.441. The second-order valence-corrected chi connectivity index (χ2v) is 4.27. The molecule has 15 heavy (non-hydrogen) atoms. The summed E-state index contributed by atoms with van der Waals surface area (Å²) in [6.07, 6.45) is 6.03. The fourth-order valence-corrected chi connectivity index (χ4v) is 1.96. The van der Waals surface area contributed by atoms with E-state index in [0.29, 0.717) is 11.3 Å². The Labute approximate surface area is 90.1 Å². The first-order chi connectivity index (χ1) is 7.27. The predicted octanol–water partition coefficient (Wildman–Crippen LogP) is 2.08. The van der Waals surface area contributed by atoms with Gasteiger partial charge in [-0.05, 0) is 17.2 Å². The van der Waals surface area contributed by atoms with Crippen molar-refractivity contribution in [2.24, 2.45) is 0 Å². The first kappa shape index (κ1) is 9.93. The van der Waals surface area contributed by atoms with Crippen molar-refractivity contribution in [2.75, 3.05) is 0 Å². The van der Waals surface area contributed by atoms with E-state index in [2.05, 4.69) is 0 Å². The van der Waals surface area contributed by atoms with E-state index in [4.69, 9.17) is 0 Å². The van der Waals surface area contributed by atoms with Crippen LogP contribution < -0.4 is 0 Å². The van der Waals surface area contributed by atoms with Gasteiger partial charge in [0.25, 0.3) is 0 Å². The molecule has 2 rings (SSSR count). The van der Waals surface area contributed by atoms with Crippen LogP contribution in [0.4, 0.5) is 0 Å². The van der Waals surface area contributed by atoms with Crippen LogP contribution in [0.2, 0.25) is 0 Å². The summed E-state index contributed by atoms with van der Waals surface area (Å²) in [6.45, 7) is 0. The number of benzene rings is 1. The maximum atomic E-state index is 10.8. The summed E-state index contributed by atoms with van der Waals surface area (Å²) in [5.41, 5.74) is 1.98. The van der Waals surface area contributed by atoms with E-state index in [9.17, 15) is 8.42 Å². The largest absolute Gasteiger partial charge is 0.217 e. The SMILES string of the molecule is O=S(=O)=C1C=C(c2ccccc2)C=CC1. The normalized spacial score (nSPS) is 14.9. The zero-order chi connectivity index (χ0) is 10.7. The predicted molar refractivity (Wildman–Crippen MR) is 62.1 cm³/mol. The highest BCUT2D eigenvalue weighted by molar-refractivity contribution is 7.73. The first-order valence-electron chi connectivity index (χ1n) is 4.66. The summed E-state index contributed by atoms with van der Waals surface area (Å²) < 4.78 is 21.6. The van der Waals surface area contributed by atoms with Crippen LogP contribution >= 0.6 is 0 Å². The van der Waals surface area contributed by atoms with E-state index in [0.717, 1.165) is 11.1 Å². The Balaban J connectivity index is 2.48. The Hall–Kier alpha value is -1.61. The standard InChI is InChI=1S/C12H10O2S/c13-15(14)12-8-4-7-11(9-12)10-5-2-1-3-6-10/h1-7,9H,8H2. The summed E-state index contributed by atoms with van der Waals surface area (Å²) in [7, 11) is -2.11. The molecule has 0 bridgehead atoms. The number of allylic oxidation sites excluding steroid dienone is 4. The van der Waals surface area contributed by atoms with Crippen molar-refractivity contribution in [3.8, 4) is 0 Å². The summed E-state index contributed by atoms with van der Waals surface area (Å²) in [6, 6.07) is 9.74. The third kappa shape index (κ3) is 2.25. The highest BCUT2D eigenvalue weighted by Gasteiger charge is 2.05. The van der Waals surface area contributed by atoms with Crippen LogP contribution in [0, 0.1) is 0 Å². The summed E-state index contributed by atoms with van der Waals surface area (Å²) in [4.78, 5) is 0.441. The Kier molecular flexibility index (Phi) is 2.83. The molecule has 1 aliphatic rings. The molecule has 0 spiro atoms. The van der Waals surface area contributed by atoms with Gasteiger partial charge in [0.15, 0.2) is 0 Å². The lowest BCUT2D eigenvalue weighted by molar-refractivity contribution is 0.627. The van der Waals surface area contributed by atoms with E-state index in [-0.39, 0.29) is 0 Å². The molecule has 0 radical (unpaired) electrons. The molecule has 0 saturated carbocycles. The molecule has 1 aromatic rings. The van der Waals surface area contributed by atoms with E-state index < -0.39 is 10.3 Å². The molecular weight excluding hydrogens is 208 g/mol. The van der Waals surface area contributed by atoms with Crippen LogP contribution in [0.5, 0.6) is 0 Å². The van der Waals surface area contributed by atoms with Crippen molar-refractivity contribution >= 4 is 20.7 Å². The fourth-order valence-electron chi connectivity index (χ4n) is 1.51. The lowest BCUT2D eigenvalue weighted by atomic mass is 10.00. The van der Waals surface area contributed by atoms with Gasteiger partial charge in [-0.25, -0.2) is 0 Å². The molecule has 1 aliphatic carbocycles. The molecule has 0 heterocycles. The zero-order valence-electron chi connectivity index (χ0n) is 8.05. The van der Waals surface area contributed by atoms with Crippen molar-refractivity contribution in [1.29, 1.82) is 0 Å². The average molecular weight is 218 g/mol. The fraction of sp³-hybridized carbons (Fsp3) is 0.0833. The van der Waals surface area contributed by atoms with Gasteiger partial charge in [-0.2, -0.15) is 8.42 Å². The van der Waals surface area contributed by atoms with Crippen molar-refractivity contribution in [3.63, 3.8) is 0 Å². The minimum atomic E-state index is -2.11. The van der Waals surface area contributed by atoms with Gasteiger partial charge in [-0.3, -0.25) is 0 Å². The lowest BCUT2D eigenvalue weighted by Gasteiger charge is -2.06. The first-order valence-corrected chi connectivity index (χ1v) is 5.73. The van der Waals surface area contributed by atoms with Gasteiger partial charge in [0.2, 0.25) is 10.3 Å². The second-order valence-electron chi connectivity index (χ2n) is 3.27. The van der Waals surface area contributed by atoms with Gasteiger partial charge in [-0.15, -0.1) is 0 Å². The van der Waals surface area contributed by atoms with Crippen molar-refractivity contribution in [2.45, 2.75) is 6.42 Å². The average Bonchev–Trinajstić information content (AvgIpc) is 2.30. The highest BCUT2D eigenvalue weighted by Crippen LogP contribution is 2.19. The number of hydrogen-bond donors (Lipinski definition) is 0. The third-order valence-corrected chi connectivity index (χ3v) is 2.97. The molecule has 2 nitrogen and oxygen atoms in total. The molecule has 0 aromatic heterocycles. The van der Waals surface area contributed by atoms with E-state index in [1.807, 2.05) is 42.5 Å². The topological polar surface area (TPSA) is 34.1 Å². The van der Waals surface area contributed by atoms with Crippen LogP contribution in [0.3, 0.4) is 0 Å². The molecule has 0 unspecified atom stereocenters. The van der Waals surface area contributed by atoms with Crippen LogP contribution in [0.15, 0.2) is 48.6 Å². The highest BCUT2D eigenvalue weighted by atomic mass is 32.2. The molecule has 76 valence electrons. The molecule has 1 aromatic carbocycles. The maximum Gasteiger partial charge on any atom is 0.217 e. The van der Waals surface area contributed by atoms with E-state index >= 15 is 0 Å². The van der Waals surface area contributed by atoms with Crippen LogP contribution in [0.25, 0.3) is 5.57 Å². The molecule has 0 aliphatic heterocycles. The number of rotatable bonds is 1. The lowest BCUT2D eigenvalue weighted by Crippen LogP contribution is -1.99. The van der Waals surface area contributed by atoms with Gasteiger partial charge in [0, 0.05) is 6.42 Å². The molecule has 3 heteroatoms. The van der Waals surface area contributed by atoms with Gasteiger partial charge in [0.05, 0.1) is 4.86 Å². The van der Waals surface area contributed by atoms with Crippen molar-refractivity contribution < 1.29 is 8.42 Å². The monoisotopic (exact) mass is 218 g/mol. The third-order valence-electron chi connectivity index (χ3n) is 2.25. The zero-order valence-corrected chi connectivity index (χ0v) is 8.87. The van der Waals surface area contributed by atoms with Crippen molar-refractivity contribution in [1.82, 2.24) is 0 Å². The smallest absolute Gasteiger partial charge is 0.184 e. The summed E-state index contributed by atoms with van der Waals surface area (Å²) in [5.74, 6) is 0. The molecule has 0 fully saturated rings. The molecule has 0 atom stereocenters. The maximum absolute atomic E-state index is 10.8. The number of hydrogen-bond acceptors (Lipinski definition) is 2. The Morgan fingerprint density at radius 2 is 1.80 bits per heavy atom. The molecule has 0 amide bonds. The van der Waals surface area contributed by atoms with Gasteiger partial charge >= 0.3 is 0 Å². The van der Waals surface area contributed by atoms with Crippen molar-refractivity contribution in [3.05, 3.63) is 54.1 Å². The molecular formula is C12H10O2S. The van der Waals surface area contributed by atoms with Gasteiger partial charge in [-0.1, -0.05) is 42.5 Å². The molecule has 0 N–H and O–H groups in total. The van der Waals surface area contributed by atoms with Gasteiger partial charge in [0.1, 0.15) is 0 Å².